The number of nitrogen functional groups attached to an aromatic ring is 1. The predicted octanol–water partition coefficient (Wildman–Crippen LogP) is 0.913. The molecule has 0 saturated carbocycles. The van der Waals surface area contributed by atoms with Gasteiger partial charge < -0.3 is 5.73 Å². The van der Waals surface area contributed by atoms with Gasteiger partial charge in [0, 0.05) is 5.69 Å². The average Bonchev–Trinajstić information content (AvgIpc) is 2.32. The maximum absolute atomic E-state index is 12.7. The van der Waals surface area contributed by atoms with Crippen molar-refractivity contribution in [3.05, 3.63) is 36.2 Å². The summed E-state index contributed by atoms with van der Waals surface area (Å²) in [5.74, 6) is 5.44. The number of nitrogens with two attached hydrogens (primary N) is 2. The van der Waals surface area contributed by atoms with Gasteiger partial charge in [-0.05, 0) is 13.0 Å². The SMILES string of the molecule is Cc1cc(N(N)c2ncc(F)cn2)c(N)cn1. The fourth-order valence-corrected chi connectivity index (χ4v) is 1.30. The Morgan fingerprint density at radius 3 is 2.47 bits per heavy atom. The molecule has 0 aliphatic rings. The zero-order chi connectivity index (χ0) is 12.4. The third-order valence-corrected chi connectivity index (χ3v) is 2.13. The van der Waals surface area contributed by atoms with Crippen LogP contribution in [0.3, 0.4) is 0 Å². The highest BCUT2D eigenvalue weighted by atomic mass is 19.1. The van der Waals surface area contributed by atoms with E-state index in [0.717, 1.165) is 18.1 Å². The molecule has 0 aromatic carbocycles. The minimum absolute atomic E-state index is 0.156. The minimum atomic E-state index is -0.527. The predicted molar refractivity (Wildman–Crippen MR) is 61.7 cm³/mol. The van der Waals surface area contributed by atoms with Gasteiger partial charge in [-0.15, -0.1) is 0 Å². The summed E-state index contributed by atoms with van der Waals surface area (Å²) in [5, 5.41) is 1.18. The van der Waals surface area contributed by atoms with E-state index in [-0.39, 0.29) is 5.95 Å². The van der Waals surface area contributed by atoms with Crippen LogP contribution in [0, 0.1) is 12.7 Å². The van der Waals surface area contributed by atoms with Gasteiger partial charge in [0.25, 0.3) is 0 Å². The molecule has 0 spiro atoms. The highest BCUT2D eigenvalue weighted by Crippen LogP contribution is 2.24. The number of pyridine rings is 1. The molecule has 0 amide bonds. The Morgan fingerprint density at radius 2 is 1.82 bits per heavy atom. The van der Waals surface area contributed by atoms with Crippen molar-refractivity contribution in [2.24, 2.45) is 5.84 Å². The van der Waals surface area contributed by atoms with Crippen LogP contribution in [0.5, 0.6) is 0 Å². The van der Waals surface area contributed by atoms with Crippen molar-refractivity contribution in [2.75, 3.05) is 10.7 Å². The average molecular weight is 234 g/mol. The lowest BCUT2D eigenvalue weighted by Gasteiger charge is -2.18. The Hall–Kier alpha value is -2.28. The summed E-state index contributed by atoms with van der Waals surface area (Å²) >= 11 is 0. The van der Waals surface area contributed by atoms with Gasteiger partial charge in [-0.3, -0.25) is 4.98 Å². The zero-order valence-corrected chi connectivity index (χ0v) is 9.13. The first kappa shape index (κ1) is 11.2. The van der Waals surface area contributed by atoms with Crippen LogP contribution in [0.25, 0.3) is 0 Å². The monoisotopic (exact) mass is 234 g/mol. The molecule has 0 bridgehead atoms. The Kier molecular flexibility index (Phi) is 2.84. The first-order valence-electron chi connectivity index (χ1n) is 4.82. The molecular formula is C10H11FN6. The van der Waals surface area contributed by atoms with E-state index in [4.69, 9.17) is 11.6 Å². The van der Waals surface area contributed by atoms with E-state index in [1.807, 2.05) is 6.92 Å². The summed E-state index contributed by atoms with van der Waals surface area (Å²) in [6, 6.07) is 1.70. The van der Waals surface area contributed by atoms with Crippen LogP contribution in [0.1, 0.15) is 5.69 Å². The summed E-state index contributed by atoms with van der Waals surface area (Å²) in [6.07, 6.45) is 3.56. The number of rotatable bonds is 2. The fourth-order valence-electron chi connectivity index (χ4n) is 1.30. The molecule has 2 aromatic heterocycles. The molecule has 0 saturated heterocycles. The van der Waals surface area contributed by atoms with Gasteiger partial charge in [-0.1, -0.05) is 0 Å². The quantitative estimate of drug-likeness (QED) is 0.592. The number of hydrogen-bond acceptors (Lipinski definition) is 6. The molecule has 0 unspecified atom stereocenters. The van der Waals surface area contributed by atoms with E-state index < -0.39 is 5.82 Å². The molecule has 0 fully saturated rings. The van der Waals surface area contributed by atoms with Crippen molar-refractivity contribution in [1.29, 1.82) is 0 Å². The molecular weight excluding hydrogens is 223 g/mol. The first-order chi connectivity index (χ1) is 8.08. The standard InChI is InChI=1S/C10H11FN6/c1-6-2-9(8(12)5-14-6)17(13)10-15-3-7(11)4-16-10/h2-5H,12-13H2,1H3. The fraction of sp³-hybridized carbons (Fsp3) is 0.100. The van der Waals surface area contributed by atoms with Gasteiger partial charge in [0.2, 0.25) is 5.95 Å². The van der Waals surface area contributed by atoms with Crippen molar-refractivity contribution >= 4 is 17.3 Å². The van der Waals surface area contributed by atoms with Gasteiger partial charge in [0.15, 0.2) is 5.82 Å². The van der Waals surface area contributed by atoms with Crippen LogP contribution in [0.4, 0.5) is 21.7 Å². The van der Waals surface area contributed by atoms with E-state index in [9.17, 15) is 4.39 Å². The van der Waals surface area contributed by atoms with Crippen molar-refractivity contribution in [3.63, 3.8) is 0 Å². The van der Waals surface area contributed by atoms with Crippen LogP contribution in [-0.4, -0.2) is 15.0 Å². The number of aryl methyl sites for hydroxylation is 1. The number of hydrazine groups is 1. The summed E-state index contributed by atoms with van der Waals surface area (Å²) in [4.78, 5) is 11.5. The Labute approximate surface area is 97.1 Å². The molecule has 2 rings (SSSR count). The molecule has 6 nitrogen and oxygen atoms in total. The lowest BCUT2D eigenvalue weighted by molar-refractivity contribution is 0.613. The van der Waals surface area contributed by atoms with Gasteiger partial charge in [0.1, 0.15) is 0 Å². The second-order valence-corrected chi connectivity index (χ2v) is 3.46. The number of aromatic nitrogens is 3. The van der Waals surface area contributed by atoms with Gasteiger partial charge in [0.05, 0.1) is 30.0 Å². The largest absolute Gasteiger partial charge is 0.396 e. The van der Waals surface area contributed by atoms with Gasteiger partial charge in [-0.2, -0.15) is 0 Å². The number of anilines is 3. The summed E-state index contributed by atoms with van der Waals surface area (Å²) in [7, 11) is 0. The molecule has 7 heteroatoms. The van der Waals surface area contributed by atoms with Crippen LogP contribution in [-0.2, 0) is 0 Å². The molecule has 88 valence electrons. The van der Waals surface area contributed by atoms with Crippen molar-refractivity contribution < 1.29 is 4.39 Å². The molecule has 4 N–H and O–H groups in total. The number of nitrogens with zero attached hydrogens (tertiary/aromatic N) is 4. The summed E-state index contributed by atoms with van der Waals surface area (Å²) in [5.41, 5.74) is 7.41. The Bertz CT molecular complexity index is 527. The molecule has 17 heavy (non-hydrogen) atoms. The maximum atomic E-state index is 12.7. The second-order valence-electron chi connectivity index (χ2n) is 3.46. The highest BCUT2D eigenvalue weighted by Gasteiger charge is 2.11. The van der Waals surface area contributed by atoms with Crippen molar-refractivity contribution in [1.82, 2.24) is 15.0 Å². The lowest BCUT2D eigenvalue weighted by Crippen LogP contribution is -2.28. The first-order valence-corrected chi connectivity index (χ1v) is 4.82. The molecule has 0 aliphatic carbocycles. The van der Waals surface area contributed by atoms with E-state index in [1.54, 1.807) is 6.07 Å². The second kappa shape index (κ2) is 4.30. The Balaban J connectivity index is 2.39. The van der Waals surface area contributed by atoms with E-state index in [2.05, 4.69) is 15.0 Å². The van der Waals surface area contributed by atoms with Crippen LogP contribution < -0.4 is 16.6 Å². The van der Waals surface area contributed by atoms with E-state index in [0.29, 0.717) is 11.4 Å². The smallest absolute Gasteiger partial charge is 0.244 e. The highest BCUT2D eigenvalue weighted by molar-refractivity contribution is 5.70. The molecule has 2 heterocycles. The molecule has 0 radical (unpaired) electrons. The lowest BCUT2D eigenvalue weighted by atomic mass is 10.3. The van der Waals surface area contributed by atoms with Gasteiger partial charge in [-0.25, -0.2) is 25.2 Å². The molecule has 0 aliphatic heterocycles. The number of hydrogen-bond donors (Lipinski definition) is 2. The van der Waals surface area contributed by atoms with Crippen molar-refractivity contribution in [2.45, 2.75) is 6.92 Å². The van der Waals surface area contributed by atoms with Crippen LogP contribution in [0.2, 0.25) is 0 Å². The van der Waals surface area contributed by atoms with E-state index >= 15 is 0 Å². The molecule has 0 atom stereocenters. The molecule has 2 aromatic rings. The van der Waals surface area contributed by atoms with E-state index in [1.165, 1.54) is 11.2 Å². The zero-order valence-electron chi connectivity index (χ0n) is 9.13. The number of halogens is 1. The third kappa shape index (κ3) is 2.28. The van der Waals surface area contributed by atoms with Crippen LogP contribution in [0.15, 0.2) is 24.7 Å². The summed E-state index contributed by atoms with van der Waals surface area (Å²) in [6.45, 7) is 1.81. The normalized spacial score (nSPS) is 10.3. The Morgan fingerprint density at radius 1 is 1.18 bits per heavy atom. The maximum Gasteiger partial charge on any atom is 0.244 e. The van der Waals surface area contributed by atoms with Crippen molar-refractivity contribution in [3.8, 4) is 0 Å². The summed E-state index contributed by atoms with van der Waals surface area (Å²) < 4.78 is 12.7. The minimum Gasteiger partial charge on any atom is -0.396 e. The van der Waals surface area contributed by atoms with Gasteiger partial charge >= 0.3 is 0 Å². The third-order valence-electron chi connectivity index (χ3n) is 2.13. The topological polar surface area (TPSA) is 94.0 Å². The van der Waals surface area contributed by atoms with Crippen LogP contribution >= 0.6 is 0 Å².